The van der Waals surface area contributed by atoms with Gasteiger partial charge < -0.3 is 0 Å². The minimum absolute atomic E-state index is 0.688. The highest BCUT2D eigenvalue weighted by atomic mass is 79.9. The number of halogens is 2. The third-order valence-corrected chi connectivity index (χ3v) is 3.06. The summed E-state index contributed by atoms with van der Waals surface area (Å²) in [6.45, 7) is 0. The van der Waals surface area contributed by atoms with Crippen molar-refractivity contribution in [2.45, 2.75) is 0 Å². The number of nitrogens with zero attached hydrogens (tertiary/aromatic N) is 2. The van der Waals surface area contributed by atoms with Crippen LogP contribution in [0.4, 0.5) is 0 Å². The molecular formula is C9H6BrClN2. The van der Waals surface area contributed by atoms with Crippen molar-refractivity contribution in [1.82, 2.24) is 9.78 Å². The van der Waals surface area contributed by atoms with Gasteiger partial charge in [0.1, 0.15) is 0 Å². The standard InChI is InChI=1S/C9H6BrClN2/c10-9-7(11)3-1-4-8(9)13-6-2-5-12-13/h1-6H. The summed E-state index contributed by atoms with van der Waals surface area (Å²) in [5.74, 6) is 0. The van der Waals surface area contributed by atoms with Gasteiger partial charge >= 0.3 is 0 Å². The molecule has 2 nitrogen and oxygen atoms in total. The monoisotopic (exact) mass is 256 g/mol. The van der Waals surface area contributed by atoms with Crippen molar-refractivity contribution >= 4 is 27.5 Å². The fraction of sp³-hybridized carbons (Fsp3) is 0. The normalized spacial score (nSPS) is 10.3. The van der Waals surface area contributed by atoms with E-state index in [9.17, 15) is 0 Å². The molecular weight excluding hydrogens is 251 g/mol. The van der Waals surface area contributed by atoms with E-state index in [-0.39, 0.29) is 0 Å². The second kappa shape index (κ2) is 3.52. The number of benzene rings is 1. The topological polar surface area (TPSA) is 17.8 Å². The molecule has 0 aliphatic rings. The number of aromatic nitrogens is 2. The second-order valence-electron chi connectivity index (χ2n) is 2.52. The lowest BCUT2D eigenvalue weighted by Crippen LogP contribution is -1.95. The largest absolute Gasteiger partial charge is 0.240 e. The van der Waals surface area contributed by atoms with E-state index >= 15 is 0 Å². The van der Waals surface area contributed by atoms with Gasteiger partial charge in [-0.15, -0.1) is 0 Å². The van der Waals surface area contributed by atoms with Gasteiger partial charge in [-0.3, -0.25) is 0 Å². The summed E-state index contributed by atoms with van der Waals surface area (Å²) in [5, 5.41) is 4.80. The van der Waals surface area contributed by atoms with Gasteiger partial charge in [-0.1, -0.05) is 17.7 Å². The molecule has 13 heavy (non-hydrogen) atoms. The van der Waals surface area contributed by atoms with Crippen LogP contribution < -0.4 is 0 Å². The highest BCUT2D eigenvalue weighted by Gasteiger charge is 2.04. The van der Waals surface area contributed by atoms with Crippen LogP contribution in [-0.2, 0) is 0 Å². The van der Waals surface area contributed by atoms with E-state index in [1.165, 1.54) is 0 Å². The Morgan fingerprint density at radius 3 is 2.85 bits per heavy atom. The summed E-state index contributed by atoms with van der Waals surface area (Å²) in [7, 11) is 0. The molecule has 0 aliphatic heterocycles. The van der Waals surface area contributed by atoms with E-state index in [0.717, 1.165) is 10.2 Å². The van der Waals surface area contributed by atoms with Gasteiger partial charge in [0.15, 0.2) is 0 Å². The fourth-order valence-electron chi connectivity index (χ4n) is 1.08. The first-order valence-corrected chi connectivity index (χ1v) is 4.90. The smallest absolute Gasteiger partial charge is 0.0802 e. The Morgan fingerprint density at radius 2 is 2.15 bits per heavy atom. The third-order valence-electron chi connectivity index (χ3n) is 1.68. The molecule has 0 saturated carbocycles. The highest BCUT2D eigenvalue weighted by molar-refractivity contribution is 9.10. The van der Waals surface area contributed by atoms with Crippen LogP contribution >= 0.6 is 27.5 Å². The summed E-state index contributed by atoms with van der Waals surface area (Å²) in [6.07, 6.45) is 3.60. The van der Waals surface area contributed by atoms with Crippen molar-refractivity contribution in [2.75, 3.05) is 0 Å². The molecule has 0 fully saturated rings. The number of hydrogen-bond acceptors (Lipinski definition) is 1. The maximum absolute atomic E-state index is 5.94. The van der Waals surface area contributed by atoms with E-state index in [0.29, 0.717) is 5.02 Å². The van der Waals surface area contributed by atoms with Crippen LogP contribution in [-0.4, -0.2) is 9.78 Å². The Hall–Kier alpha value is -0.800. The van der Waals surface area contributed by atoms with E-state index in [2.05, 4.69) is 21.0 Å². The molecule has 0 bridgehead atoms. The molecule has 0 aliphatic carbocycles. The van der Waals surface area contributed by atoms with E-state index in [4.69, 9.17) is 11.6 Å². The summed E-state index contributed by atoms with van der Waals surface area (Å²) < 4.78 is 2.62. The first-order valence-electron chi connectivity index (χ1n) is 3.73. The van der Waals surface area contributed by atoms with Crippen LogP contribution in [0.1, 0.15) is 0 Å². The Labute approximate surface area is 89.3 Å². The van der Waals surface area contributed by atoms with Crippen molar-refractivity contribution in [2.24, 2.45) is 0 Å². The molecule has 1 heterocycles. The Kier molecular flexibility index (Phi) is 2.38. The zero-order valence-corrected chi connectivity index (χ0v) is 8.96. The van der Waals surface area contributed by atoms with Crippen molar-refractivity contribution < 1.29 is 0 Å². The molecule has 0 unspecified atom stereocenters. The third kappa shape index (κ3) is 1.62. The first-order chi connectivity index (χ1) is 6.29. The lowest BCUT2D eigenvalue weighted by molar-refractivity contribution is 0.876. The molecule has 1 aromatic carbocycles. The van der Waals surface area contributed by atoms with Gasteiger partial charge in [-0.2, -0.15) is 5.10 Å². The zero-order chi connectivity index (χ0) is 9.26. The molecule has 0 saturated heterocycles. The Morgan fingerprint density at radius 1 is 1.31 bits per heavy atom. The van der Waals surface area contributed by atoms with Crippen LogP contribution in [0.3, 0.4) is 0 Å². The summed E-state index contributed by atoms with van der Waals surface area (Å²) in [5.41, 5.74) is 0.942. The molecule has 0 atom stereocenters. The van der Waals surface area contributed by atoms with Gasteiger partial charge in [0, 0.05) is 12.4 Å². The average Bonchev–Trinajstić information content (AvgIpc) is 2.62. The minimum atomic E-state index is 0.688. The predicted octanol–water partition coefficient (Wildman–Crippen LogP) is 3.29. The molecule has 66 valence electrons. The van der Waals surface area contributed by atoms with Crippen LogP contribution in [0.2, 0.25) is 5.02 Å². The molecule has 0 spiro atoms. The van der Waals surface area contributed by atoms with Gasteiger partial charge in [0.25, 0.3) is 0 Å². The van der Waals surface area contributed by atoms with E-state index < -0.39 is 0 Å². The van der Waals surface area contributed by atoms with Gasteiger partial charge in [0.05, 0.1) is 15.2 Å². The van der Waals surface area contributed by atoms with E-state index in [1.807, 2.05) is 30.5 Å². The maximum atomic E-state index is 5.94. The van der Waals surface area contributed by atoms with Crippen molar-refractivity contribution in [3.05, 3.63) is 46.2 Å². The van der Waals surface area contributed by atoms with Crippen LogP contribution in [0.15, 0.2) is 41.1 Å². The Bertz CT molecular complexity index is 412. The molecule has 0 N–H and O–H groups in total. The van der Waals surface area contributed by atoms with Crippen LogP contribution in [0.25, 0.3) is 5.69 Å². The van der Waals surface area contributed by atoms with Crippen LogP contribution in [0, 0.1) is 0 Å². The summed E-state index contributed by atoms with van der Waals surface area (Å²) >= 11 is 9.35. The lowest BCUT2D eigenvalue weighted by atomic mass is 10.3. The lowest BCUT2D eigenvalue weighted by Gasteiger charge is -2.04. The van der Waals surface area contributed by atoms with Crippen molar-refractivity contribution in [3.8, 4) is 5.69 Å². The molecule has 0 radical (unpaired) electrons. The highest BCUT2D eigenvalue weighted by Crippen LogP contribution is 2.28. The van der Waals surface area contributed by atoms with Gasteiger partial charge in [-0.25, -0.2) is 4.68 Å². The molecule has 2 rings (SSSR count). The molecule has 4 heteroatoms. The maximum Gasteiger partial charge on any atom is 0.0802 e. The molecule has 0 amide bonds. The van der Waals surface area contributed by atoms with E-state index in [1.54, 1.807) is 10.9 Å². The average molecular weight is 258 g/mol. The summed E-state index contributed by atoms with van der Waals surface area (Å²) in [4.78, 5) is 0. The SMILES string of the molecule is Clc1cccc(-n2cccn2)c1Br. The minimum Gasteiger partial charge on any atom is -0.240 e. The predicted molar refractivity (Wildman–Crippen MR) is 56.3 cm³/mol. The second-order valence-corrected chi connectivity index (χ2v) is 3.72. The van der Waals surface area contributed by atoms with Gasteiger partial charge in [-0.05, 0) is 34.1 Å². The van der Waals surface area contributed by atoms with Crippen LogP contribution in [0.5, 0.6) is 0 Å². The van der Waals surface area contributed by atoms with Crippen molar-refractivity contribution in [3.63, 3.8) is 0 Å². The molecule has 1 aromatic heterocycles. The molecule has 2 aromatic rings. The zero-order valence-electron chi connectivity index (χ0n) is 6.61. The number of hydrogen-bond donors (Lipinski definition) is 0. The summed E-state index contributed by atoms with van der Waals surface area (Å²) in [6, 6.07) is 7.54. The quantitative estimate of drug-likeness (QED) is 0.766. The first kappa shape index (κ1) is 8.78. The Balaban J connectivity index is 2.59. The fourth-order valence-corrected chi connectivity index (χ4v) is 1.70. The number of rotatable bonds is 1. The van der Waals surface area contributed by atoms with Gasteiger partial charge in [0.2, 0.25) is 0 Å². The van der Waals surface area contributed by atoms with Crippen molar-refractivity contribution in [1.29, 1.82) is 0 Å².